The molecule has 0 amide bonds. The summed E-state index contributed by atoms with van der Waals surface area (Å²) in [6.45, 7) is 8.64. The van der Waals surface area contributed by atoms with Crippen LogP contribution in [-0.2, 0) is 15.1 Å². The Morgan fingerprint density at radius 3 is 2.43 bits per heavy atom. The average Bonchev–Trinajstić information content (AvgIpc) is 2.52. The standard InChI is InChI=1S/C17H28N2O2/c1-5-13-18-17(14-19(4)6-2,16(20)21-7-3)15-11-9-8-10-12-15/h8-12,18H,5-7,13-14H2,1-4H3. The van der Waals surface area contributed by atoms with Crippen molar-refractivity contribution < 1.29 is 9.53 Å². The minimum atomic E-state index is -0.808. The van der Waals surface area contributed by atoms with Crippen LogP contribution in [0.4, 0.5) is 0 Å². The van der Waals surface area contributed by atoms with Crippen LogP contribution in [-0.4, -0.2) is 44.2 Å². The van der Waals surface area contributed by atoms with E-state index in [1.54, 1.807) is 0 Å². The molecule has 0 fully saturated rings. The van der Waals surface area contributed by atoms with E-state index < -0.39 is 5.54 Å². The van der Waals surface area contributed by atoms with Gasteiger partial charge in [0.25, 0.3) is 0 Å². The Morgan fingerprint density at radius 2 is 1.90 bits per heavy atom. The fraction of sp³-hybridized carbons (Fsp3) is 0.588. The molecule has 118 valence electrons. The number of nitrogens with zero attached hydrogens (tertiary/aromatic N) is 1. The van der Waals surface area contributed by atoms with Crippen LogP contribution in [0.25, 0.3) is 0 Å². The van der Waals surface area contributed by atoms with Gasteiger partial charge in [-0.15, -0.1) is 0 Å². The number of benzene rings is 1. The molecule has 1 atom stereocenters. The van der Waals surface area contributed by atoms with Gasteiger partial charge in [0.05, 0.1) is 6.61 Å². The fourth-order valence-corrected chi connectivity index (χ4v) is 2.34. The SMILES string of the molecule is CCCNC(CN(C)CC)(C(=O)OCC)c1ccccc1. The molecule has 1 aromatic rings. The monoisotopic (exact) mass is 292 g/mol. The first kappa shape index (κ1) is 17.7. The van der Waals surface area contributed by atoms with Gasteiger partial charge in [0.2, 0.25) is 0 Å². The lowest BCUT2D eigenvalue weighted by molar-refractivity contribution is -0.152. The lowest BCUT2D eigenvalue weighted by Crippen LogP contribution is -2.56. The molecule has 1 aromatic carbocycles. The van der Waals surface area contributed by atoms with Gasteiger partial charge in [0, 0.05) is 6.54 Å². The van der Waals surface area contributed by atoms with Gasteiger partial charge in [-0.1, -0.05) is 44.2 Å². The molecule has 0 bridgehead atoms. The Morgan fingerprint density at radius 1 is 1.24 bits per heavy atom. The second kappa shape index (κ2) is 8.80. The molecule has 21 heavy (non-hydrogen) atoms. The van der Waals surface area contributed by atoms with E-state index in [2.05, 4.69) is 24.1 Å². The van der Waals surface area contributed by atoms with Crippen molar-refractivity contribution in [1.29, 1.82) is 0 Å². The summed E-state index contributed by atoms with van der Waals surface area (Å²) in [5.41, 5.74) is 0.148. The molecule has 1 rings (SSSR count). The number of hydrogen-bond acceptors (Lipinski definition) is 4. The van der Waals surface area contributed by atoms with Crippen LogP contribution in [0.5, 0.6) is 0 Å². The van der Waals surface area contributed by atoms with Crippen molar-refractivity contribution in [2.45, 2.75) is 32.7 Å². The third kappa shape index (κ3) is 4.55. The number of nitrogens with one attached hydrogen (secondary N) is 1. The van der Waals surface area contributed by atoms with Crippen molar-refractivity contribution in [3.05, 3.63) is 35.9 Å². The minimum Gasteiger partial charge on any atom is -0.464 e. The van der Waals surface area contributed by atoms with E-state index in [0.29, 0.717) is 13.2 Å². The molecule has 0 aliphatic heterocycles. The molecular formula is C17H28N2O2. The third-order valence-corrected chi connectivity index (χ3v) is 3.61. The normalized spacial score (nSPS) is 14.0. The smallest absolute Gasteiger partial charge is 0.332 e. The van der Waals surface area contributed by atoms with Crippen LogP contribution in [0.1, 0.15) is 32.8 Å². The molecule has 0 spiro atoms. The largest absolute Gasteiger partial charge is 0.464 e. The quantitative estimate of drug-likeness (QED) is 0.710. The number of hydrogen-bond donors (Lipinski definition) is 1. The number of rotatable bonds is 9. The summed E-state index contributed by atoms with van der Waals surface area (Å²) < 4.78 is 5.38. The molecule has 0 heterocycles. The Kier molecular flexibility index (Phi) is 7.40. The van der Waals surface area contributed by atoms with Crippen molar-refractivity contribution in [1.82, 2.24) is 10.2 Å². The molecule has 4 nitrogen and oxygen atoms in total. The van der Waals surface area contributed by atoms with Gasteiger partial charge < -0.3 is 9.64 Å². The first-order chi connectivity index (χ1) is 10.1. The molecule has 0 saturated heterocycles. The first-order valence-corrected chi connectivity index (χ1v) is 7.77. The minimum absolute atomic E-state index is 0.204. The number of esters is 1. The summed E-state index contributed by atoms with van der Waals surface area (Å²) in [5.74, 6) is -0.204. The summed E-state index contributed by atoms with van der Waals surface area (Å²) in [6, 6.07) is 9.86. The maximum Gasteiger partial charge on any atom is 0.332 e. The topological polar surface area (TPSA) is 41.6 Å². The van der Waals surface area contributed by atoms with Gasteiger partial charge in [-0.3, -0.25) is 5.32 Å². The van der Waals surface area contributed by atoms with E-state index in [1.807, 2.05) is 44.3 Å². The molecule has 0 radical (unpaired) electrons. The Bertz CT molecular complexity index is 422. The lowest BCUT2D eigenvalue weighted by Gasteiger charge is -2.36. The third-order valence-electron chi connectivity index (χ3n) is 3.61. The molecule has 0 aliphatic rings. The van der Waals surface area contributed by atoms with Crippen LogP contribution in [0.2, 0.25) is 0 Å². The van der Waals surface area contributed by atoms with Gasteiger partial charge in [0.15, 0.2) is 5.54 Å². The first-order valence-electron chi connectivity index (χ1n) is 7.77. The number of ether oxygens (including phenoxy) is 1. The van der Waals surface area contributed by atoms with E-state index in [1.165, 1.54) is 0 Å². The van der Waals surface area contributed by atoms with E-state index >= 15 is 0 Å². The van der Waals surface area contributed by atoms with Crippen molar-refractivity contribution in [2.24, 2.45) is 0 Å². The van der Waals surface area contributed by atoms with Crippen molar-refractivity contribution in [3.63, 3.8) is 0 Å². The molecule has 1 N–H and O–H groups in total. The van der Waals surface area contributed by atoms with Crippen LogP contribution in [0, 0.1) is 0 Å². The van der Waals surface area contributed by atoms with E-state index in [4.69, 9.17) is 4.74 Å². The molecule has 0 saturated carbocycles. The maximum atomic E-state index is 12.7. The molecule has 0 aliphatic carbocycles. The summed E-state index contributed by atoms with van der Waals surface area (Å²) in [7, 11) is 2.02. The van der Waals surface area contributed by atoms with E-state index in [0.717, 1.165) is 25.1 Å². The lowest BCUT2D eigenvalue weighted by atomic mass is 9.88. The molecule has 1 unspecified atom stereocenters. The zero-order chi connectivity index (χ0) is 15.7. The summed E-state index contributed by atoms with van der Waals surface area (Å²) in [6.07, 6.45) is 0.962. The number of carbonyl (C=O) groups excluding carboxylic acids is 1. The highest BCUT2D eigenvalue weighted by atomic mass is 16.5. The number of likely N-dealkylation sites (N-methyl/N-ethyl adjacent to an activating group) is 1. The zero-order valence-electron chi connectivity index (χ0n) is 13.7. The summed E-state index contributed by atoms with van der Waals surface area (Å²) in [4.78, 5) is 14.8. The summed E-state index contributed by atoms with van der Waals surface area (Å²) >= 11 is 0. The van der Waals surface area contributed by atoms with Gasteiger partial charge in [-0.2, -0.15) is 0 Å². The predicted octanol–water partition coefficient (Wildman–Crippen LogP) is 2.40. The summed E-state index contributed by atoms with van der Waals surface area (Å²) in [5, 5.41) is 3.43. The maximum absolute atomic E-state index is 12.7. The van der Waals surface area contributed by atoms with E-state index in [9.17, 15) is 4.79 Å². The Labute approximate surface area is 128 Å². The van der Waals surface area contributed by atoms with Gasteiger partial charge >= 0.3 is 5.97 Å². The Balaban J connectivity index is 3.22. The highest BCUT2D eigenvalue weighted by molar-refractivity contribution is 5.83. The molecule has 0 aromatic heterocycles. The second-order valence-electron chi connectivity index (χ2n) is 5.25. The second-order valence-corrected chi connectivity index (χ2v) is 5.25. The van der Waals surface area contributed by atoms with E-state index in [-0.39, 0.29) is 5.97 Å². The highest BCUT2D eigenvalue weighted by Crippen LogP contribution is 2.24. The van der Waals surface area contributed by atoms with Gasteiger partial charge in [0.1, 0.15) is 0 Å². The van der Waals surface area contributed by atoms with Crippen LogP contribution in [0.15, 0.2) is 30.3 Å². The van der Waals surface area contributed by atoms with Crippen molar-refractivity contribution >= 4 is 5.97 Å². The molecule has 4 heteroatoms. The van der Waals surface area contributed by atoms with Gasteiger partial charge in [-0.05, 0) is 39.0 Å². The zero-order valence-corrected chi connectivity index (χ0v) is 13.7. The Hall–Kier alpha value is -1.39. The van der Waals surface area contributed by atoms with Crippen LogP contribution in [0.3, 0.4) is 0 Å². The number of carbonyl (C=O) groups is 1. The fourth-order valence-electron chi connectivity index (χ4n) is 2.34. The van der Waals surface area contributed by atoms with Crippen LogP contribution >= 0.6 is 0 Å². The van der Waals surface area contributed by atoms with Crippen molar-refractivity contribution in [3.8, 4) is 0 Å². The average molecular weight is 292 g/mol. The van der Waals surface area contributed by atoms with Crippen molar-refractivity contribution in [2.75, 3.05) is 33.3 Å². The highest BCUT2D eigenvalue weighted by Gasteiger charge is 2.41. The molecular weight excluding hydrogens is 264 g/mol. The predicted molar refractivity (Wildman–Crippen MR) is 86.2 cm³/mol. The van der Waals surface area contributed by atoms with Gasteiger partial charge in [-0.25, -0.2) is 4.79 Å². The van der Waals surface area contributed by atoms with Crippen LogP contribution < -0.4 is 5.32 Å².